The van der Waals surface area contributed by atoms with Gasteiger partial charge in [0.2, 0.25) is 5.95 Å². The molecule has 190 valence electrons. The first-order valence-electron chi connectivity index (χ1n) is 10.4. The Hall–Kier alpha value is -3.75. The molecule has 2 aromatic rings. The highest BCUT2D eigenvalue weighted by Gasteiger charge is 2.37. The number of H-pyrrole nitrogens is 1. The van der Waals surface area contributed by atoms with Crippen molar-refractivity contribution < 1.29 is 31.8 Å². The van der Waals surface area contributed by atoms with Crippen LogP contribution in [0.15, 0.2) is 35.5 Å². The highest BCUT2D eigenvalue weighted by Crippen LogP contribution is 2.31. The number of hydrogen-bond donors (Lipinski definition) is 2. The largest absolute Gasteiger partial charge is 0.445 e. The van der Waals surface area contributed by atoms with Crippen LogP contribution in [0, 0.1) is 5.82 Å². The number of hydrogen-bond acceptors (Lipinski definition) is 9. The molecule has 0 spiro atoms. The molecule has 0 unspecified atom stereocenters. The number of ether oxygens (including phenoxy) is 2. The van der Waals surface area contributed by atoms with Crippen molar-refractivity contribution in [1.29, 1.82) is 0 Å². The van der Waals surface area contributed by atoms with Gasteiger partial charge in [-0.3, -0.25) is 4.79 Å². The van der Waals surface area contributed by atoms with Crippen molar-refractivity contribution in [2.24, 2.45) is 0 Å². The number of carbonyl (C=O) groups excluding carboxylic acids is 1. The average molecular weight is 501 g/mol. The molecular weight excluding hydrogens is 478 g/mol. The Morgan fingerprint density at radius 1 is 1.23 bits per heavy atom. The molecule has 1 aliphatic heterocycles. The molecule has 1 atom stereocenters. The molecule has 15 heteroatoms. The van der Waals surface area contributed by atoms with Crippen LogP contribution in [-0.4, -0.2) is 83.7 Å². The van der Waals surface area contributed by atoms with Gasteiger partial charge in [-0.25, -0.2) is 24.3 Å². The topological polar surface area (TPSA) is 126 Å². The molecular formula is C20H23F4N7O4. The summed E-state index contributed by atoms with van der Waals surface area (Å²) in [6.45, 7) is 1.38. The first kappa shape index (κ1) is 25.9. The van der Waals surface area contributed by atoms with Crippen molar-refractivity contribution in [3.63, 3.8) is 0 Å². The monoisotopic (exact) mass is 501 g/mol. The van der Waals surface area contributed by atoms with Gasteiger partial charge < -0.3 is 24.6 Å². The first-order chi connectivity index (χ1) is 16.7. The predicted octanol–water partition coefficient (Wildman–Crippen LogP) is 1.66. The lowest BCUT2D eigenvalue weighted by Gasteiger charge is -2.33. The number of carbonyl (C=O) groups is 1. The number of amides is 1. The van der Waals surface area contributed by atoms with Gasteiger partial charge in [0.1, 0.15) is 12.2 Å². The Labute approximate surface area is 196 Å². The second kappa shape index (κ2) is 11.6. The summed E-state index contributed by atoms with van der Waals surface area (Å²) in [5.41, 5.74) is -3.28. The van der Waals surface area contributed by atoms with Crippen LogP contribution in [0.1, 0.15) is 5.56 Å². The van der Waals surface area contributed by atoms with E-state index in [0.29, 0.717) is 32.1 Å². The Bertz CT molecular complexity index is 1070. The second-order valence-electron chi connectivity index (χ2n) is 7.37. The highest BCUT2D eigenvalue weighted by atomic mass is 19.4. The van der Waals surface area contributed by atoms with Gasteiger partial charge in [0.25, 0.3) is 5.56 Å². The minimum Gasteiger partial charge on any atom is -0.445 e. The fourth-order valence-electron chi connectivity index (χ4n) is 3.30. The van der Waals surface area contributed by atoms with Crippen LogP contribution in [0.2, 0.25) is 0 Å². The highest BCUT2D eigenvalue weighted by molar-refractivity contribution is 5.68. The van der Waals surface area contributed by atoms with E-state index in [1.54, 1.807) is 5.10 Å². The van der Waals surface area contributed by atoms with E-state index in [4.69, 9.17) is 9.47 Å². The number of nitrogens with one attached hydrogen (secondary N) is 2. The average Bonchev–Trinajstić information content (AvgIpc) is 2.81. The maximum absolute atomic E-state index is 13.2. The number of alkyl halides is 3. The molecule has 2 aromatic heterocycles. The van der Waals surface area contributed by atoms with Crippen molar-refractivity contribution in [2.45, 2.75) is 12.2 Å². The molecule has 0 aliphatic carbocycles. The minimum absolute atomic E-state index is 0.0258. The van der Waals surface area contributed by atoms with Gasteiger partial charge in [0.05, 0.1) is 36.9 Å². The van der Waals surface area contributed by atoms with Crippen molar-refractivity contribution in [1.82, 2.24) is 25.1 Å². The quantitative estimate of drug-likeness (QED) is 0.410. The Morgan fingerprint density at radius 3 is 2.54 bits per heavy atom. The van der Waals surface area contributed by atoms with Gasteiger partial charge in [0, 0.05) is 33.3 Å². The van der Waals surface area contributed by atoms with E-state index in [1.807, 2.05) is 4.90 Å². The van der Waals surface area contributed by atoms with Gasteiger partial charge >= 0.3 is 12.3 Å². The summed E-state index contributed by atoms with van der Waals surface area (Å²) in [7, 11) is 1.36. The van der Waals surface area contributed by atoms with Crippen LogP contribution in [0.4, 0.5) is 34.0 Å². The van der Waals surface area contributed by atoms with Crippen LogP contribution >= 0.6 is 0 Å². The summed E-state index contributed by atoms with van der Waals surface area (Å²) in [5, 5.41) is 7.73. The summed E-state index contributed by atoms with van der Waals surface area (Å²) in [6, 6.07) is -0.761. The van der Waals surface area contributed by atoms with E-state index in [1.165, 1.54) is 24.2 Å². The van der Waals surface area contributed by atoms with E-state index >= 15 is 0 Å². The van der Waals surface area contributed by atoms with Crippen LogP contribution in [0.3, 0.4) is 0 Å². The minimum atomic E-state index is -4.89. The fourth-order valence-corrected chi connectivity index (χ4v) is 3.30. The predicted molar refractivity (Wildman–Crippen MR) is 115 cm³/mol. The van der Waals surface area contributed by atoms with Crippen LogP contribution in [0.25, 0.3) is 0 Å². The summed E-state index contributed by atoms with van der Waals surface area (Å²) in [5.74, 6) is -0.176. The van der Waals surface area contributed by atoms with Crippen molar-refractivity contribution in [3.05, 3.63) is 52.5 Å². The molecule has 1 fully saturated rings. The zero-order valence-corrected chi connectivity index (χ0v) is 18.6. The number of methoxy groups -OCH3 is 1. The summed E-state index contributed by atoms with van der Waals surface area (Å²) in [6.07, 6.45) is 0.449. The maximum Gasteiger partial charge on any atom is 0.423 e. The van der Waals surface area contributed by atoms with E-state index in [0.717, 1.165) is 18.6 Å². The van der Waals surface area contributed by atoms with Crippen LogP contribution in [-0.2, 0) is 15.7 Å². The van der Waals surface area contributed by atoms with E-state index in [-0.39, 0.29) is 13.2 Å². The number of anilines is 2. The number of aromatic nitrogens is 4. The molecule has 1 saturated heterocycles. The summed E-state index contributed by atoms with van der Waals surface area (Å²) in [4.78, 5) is 35.0. The zero-order chi connectivity index (χ0) is 25.4. The molecule has 2 N–H and O–H groups in total. The summed E-state index contributed by atoms with van der Waals surface area (Å²) < 4.78 is 62.9. The van der Waals surface area contributed by atoms with Gasteiger partial charge in [-0.2, -0.15) is 18.3 Å². The Morgan fingerprint density at radius 2 is 1.91 bits per heavy atom. The fraction of sp³-hybridized carbons (Fsp3) is 0.450. The van der Waals surface area contributed by atoms with E-state index in [9.17, 15) is 27.2 Å². The molecule has 0 radical (unpaired) electrons. The number of piperazine rings is 1. The molecule has 1 aliphatic rings. The number of rotatable bonds is 8. The molecule has 1 amide bonds. The Balaban J connectivity index is 1.51. The van der Waals surface area contributed by atoms with E-state index < -0.39 is 40.9 Å². The van der Waals surface area contributed by atoms with Crippen molar-refractivity contribution in [3.8, 4) is 0 Å². The van der Waals surface area contributed by atoms with Crippen LogP contribution in [0.5, 0.6) is 0 Å². The number of nitrogens with zero attached hydrogens (tertiary/aromatic N) is 5. The normalized spacial score (nSPS) is 15.3. The van der Waals surface area contributed by atoms with Gasteiger partial charge in [0.15, 0.2) is 5.82 Å². The molecule has 0 aromatic carbocycles. The molecule has 35 heavy (non-hydrogen) atoms. The lowest BCUT2D eigenvalue weighted by Crippen LogP contribution is -2.49. The second-order valence-corrected chi connectivity index (χ2v) is 7.37. The van der Waals surface area contributed by atoms with Crippen LogP contribution < -0.4 is 15.8 Å². The lowest BCUT2D eigenvalue weighted by molar-refractivity contribution is -0.138. The molecule has 0 bridgehead atoms. The number of aromatic amines is 1. The molecule has 3 heterocycles. The molecule has 0 saturated carbocycles. The molecule has 3 rings (SSSR count). The standard InChI is InChI=1S/C20H23F4N7O4/c1-34-12-14(28-15-11-27-29-17(32)16(15)20(22,23)24)3-2-8-35-19(33)31-6-4-30(5-7-31)18-25-9-13(21)10-26-18/h2-3,9-11,14H,4-8,12H2,1H3,(H2,28,29,32)/b3-2+/t14-/m1/s1. The maximum atomic E-state index is 13.2. The van der Waals surface area contributed by atoms with E-state index in [2.05, 4.69) is 20.4 Å². The first-order valence-corrected chi connectivity index (χ1v) is 10.4. The summed E-state index contributed by atoms with van der Waals surface area (Å²) >= 11 is 0. The third-order valence-electron chi connectivity index (χ3n) is 4.93. The molecule has 11 nitrogen and oxygen atoms in total. The van der Waals surface area contributed by atoms with Crippen molar-refractivity contribution in [2.75, 3.05) is 56.7 Å². The smallest absolute Gasteiger partial charge is 0.423 e. The third-order valence-corrected chi connectivity index (χ3v) is 4.93. The lowest BCUT2D eigenvalue weighted by atomic mass is 10.2. The van der Waals surface area contributed by atoms with Gasteiger partial charge in [-0.05, 0) is 6.08 Å². The number of halogens is 4. The van der Waals surface area contributed by atoms with Gasteiger partial charge in [-0.15, -0.1) is 0 Å². The zero-order valence-electron chi connectivity index (χ0n) is 18.6. The van der Waals surface area contributed by atoms with Crippen molar-refractivity contribution >= 4 is 17.7 Å². The third kappa shape index (κ3) is 7.11. The Kier molecular flexibility index (Phi) is 8.57. The van der Waals surface area contributed by atoms with Gasteiger partial charge in [-0.1, -0.05) is 6.08 Å². The SMILES string of the molecule is COC[C@@H](/C=C/COC(=O)N1CCN(c2ncc(F)cn2)CC1)Nc1cn[nH]c(=O)c1C(F)(F)F.